The first kappa shape index (κ1) is 15.0. The summed E-state index contributed by atoms with van der Waals surface area (Å²) in [7, 11) is 0. The fourth-order valence-corrected chi connectivity index (χ4v) is 3.27. The summed E-state index contributed by atoms with van der Waals surface area (Å²) in [4.78, 5) is 4.57. The molecule has 2 nitrogen and oxygen atoms in total. The van der Waals surface area contributed by atoms with E-state index in [0.717, 1.165) is 17.4 Å². The molecule has 1 aliphatic rings. The van der Waals surface area contributed by atoms with Crippen molar-refractivity contribution in [2.45, 2.75) is 58.4 Å². The minimum atomic E-state index is 0.420. The highest BCUT2D eigenvalue weighted by atomic mass is 79.9. The van der Waals surface area contributed by atoms with Gasteiger partial charge in [0.25, 0.3) is 0 Å². The molecule has 0 aromatic carbocycles. The molecule has 1 fully saturated rings. The largest absolute Gasteiger partial charge is 0.314 e. The van der Waals surface area contributed by atoms with Gasteiger partial charge in [0.15, 0.2) is 0 Å². The molecule has 19 heavy (non-hydrogen) atoms. The molecule has 0 unspecified atom stereocenters. The van der Waals surface area contributed by atoms with E-state index in [-0.39, 0.29) is 0 Å². The minimum absolute atomic E-state index is 0.420. The molecule has 0 radical (unpaired) electrons. The quantitative estimate of drug-likeness (QED) is 0.871. The van der Waals surface area contributed by atoms with Crippen LogP contribution in [0.5, 0.6) is 0 Å². The maximum atomic E-state index is 4.57. The molecule has 1 N–H and O–H groups in total. The Morgan fingerprint density at radius 1 is 1.26 bits per heavy atom. The number of halogens is 1. The SMILES string of the molecule is CC(C)NCC1(Cc2ccc(Br)cn2)CCCCC1. The predicted octanol–water partition coefficient (Wildman–Crippen LogP) is 4.34. The molecule has 1 heterocycles. The van der Waals surface area contributed by atoms with Crippen molar-refractivity contribution in [3.05, 3.63) is 28.5 Å². The van der Waals surface area contributed by atoms with Gasteiger partial charge in [0.05, 0.1) is 0 Å². The molecule has 106 valence electrons. The highest BCUT2D eigenvalue weighted by Crippen LogP contribution is 2.38. The van der Waals surface area contributed by atoms with Gasteiger partial charge in [-0.2, -0.15) is 0 Å². The van der Waals surface area contributed by atoms with Crippen LogP contribution in [0.4, 0.5) is 0 Å². The molecule has 0 saturated heterocycles. The van der Waals surface area contributed by atoms with E-state index >= 15 is 0 Å². The third-order valence-electron chi connectivity index (χ3n) is 4.14. The third kappa shape index (κ3) is 4.57. The summed E-state index contributed by atoms with van der Waals surface area (Å²) in [5, 5.41) is 3.65. The lowest BCUT2D eigenvalue weighted by atomic mass is 9.71. The first-order valence-corrected chi connectivity index (χ1v) is 8.23. The van der Waals surface area contributed by atoms with Crippen LogP contribution in [0.2, 0.25) is 0 Å². The highest BCUT2D eigenvalue weighted by Gasteiger charge is 2.32. The van der Waals surface area contributed by atoms with E-state index in [1.165, 1.54) is 37.8 Å². The van der Waals surface area contributed by atoms with Crippen LogP contribution in [-0.2, 0) is 6.42 Å². The van der Waals surface area contributed by atoms with E-state index in [9.17, 15) is 0 Å². The first-order chi connectivity index (χ1) is 9.10. The lowest BCUT2D eigenvalue weighted by Crippen LogP contribution is -2.40. The molecule has 1 aliphatic carbocycles. The minimum Gasteiger partial charge on any atom is -0.314 e. The van der Waals surface area contributed by atoms with Crippen molar-refractivity contribution >= 4 is 15.9 Å². The van der Waals surface area contributed by atoms with Gasteiger partial charge >= 0.3 is 0 Å². The summed E-state index contributed by atoms with van der Waals surface area (Å²) in [5.74, 6) is 0. The van der Waals surface area contributed by atoms with Gasteiger partial charge in [-0.15, -0.1) is 0 Å². The van der Waals surface area contributed by atoms with Gasteiger partial charge in [0, 0.05) is 29.0 Å². The Hall–Kier alpha value is -0.410. The van der Waals surface area contributed by atoms with E-state index in [0.29, 0.717) is 11.5 Å². The molecule has 2 rings (SSSR count). The van der Waals surface area contributed by atoms with Crippen molar-refractivity contribution in [1.29, 1.82) is 0 Å². The Morgan fingerprint density at radius 2 is 2.00 bits per heavy atom. The standard InChI is InChI=1S/C16H25BrN2/c1-13(2)19-12-16(8-4-3-5-9-16)10-15-7-6-14(17)11-18-15/h6-7,11,13,19H,3-5,8-10,12H2,1-2H3. The third-order valence-corrected chi connectivity index (χ3v) is 4.61. The van der Waals surface area contributed by atoms with Gasteiger partial charge in [-0.25, -0.2) is 0 Å². The lowest BCUT2D eigenvalue weighted by Gasteiger charge is -2.38. The predicted molar refractivity (Wildman–Crippen MR) is 84.3 cm³/mol. The molecule has 0 spiro atoms. The first-order valence-electron chi connectivity index (χ1n) is 7.43. The zero-order valence-corrected chi connectivity index (χ0v) is 13.7. The van der Waals surface area contributed by atoms with Gasteiger partial charge in [-0.1, -0.05) is 33.1 Å². The van der Waals surface area contributed by atoms with Crippen LogP contribution in [0.1, 0.15) is 51.6 Å². The molecule has 1 aromatic rings. The van der Waals surface area contributed by atoms with Crippen molar-refractivity contribution in [3.63, 3.8) is 0 Å². The number of pyridine rings is 1. The van der Waals surface area contributed by atoms with Crippen LogP contribution in [-0.4, -0.2) is 17.6 Å². The fourth-order valence-electron chi connectivity index (χ4n) is 3.03. The van der Waals surface area contributed by atoms with Crippen LogP contribution in [0.3, 0.4) is 0 Å². The summed E-state index contributed by atoms with van der Waals surface area (Å²) >= 11 is 3.46. The van der Waals surface area contributed by atoms with Crippen molar-refractivity contribution in [1.82, 2.24) is 10.3 Å². The van der Waals surface area contributed by atoms with E-state index in [4.69, 9.17) is 0 Å². The number of hydrogen-bond acceptors (Lipinski definition) is 2. The summed E-state index contributed by atoms with van der Waals surface area (Å²) in [6.45, 7) is 5.59. The van der Waals surface area contributed by atoms with Crippen LogP contribution in [0.25, 0.3) is 0 Å². The molecule has 1 saturated carbocycles. The van der Waals surface area contributed by atoms with Crippen molar-refractivity contribution in [2.24, 2.45) is 5.41 Å². The number of nitrogens with zero attached hydrogens (tertiary/aromatic N) is 1. The van der Waals surface area contributed by atoms with Gasteiger partial charge in [-0.3, -0.25) is 4.98 Å². The Bertz CT molecular complexity index is 380. The van der Waals surface area contributed by atoms with Crippen LogP contribution < -0.4 is 5.32 Å². The van der Waals surface area contributed by atoms with Crippen molar-refractivity contribution < 1.29 is 0 Å². The molecule has 0 atom stereocenters. The van der Waals surface area contributed by atoms with Gasteiger partial charge in [0.2, 0.25) is 0 Å². The number of aromatic nitrogens is 1. The molecular formula is C16H25BrN2. The molecule has 0 aliphatic heterocycles. The molecule has 0 bridgehead atoms. The highest BCUT2D eigenvalue weighted by molar-refractivity contribution is 9.10. The van der Waals surface area contributed by atoms with Gasteiger partial charge in [-0.05, 0) is 52.7 Å². The van der Waals surface area contributed by atoms with Crippen molar-refractivity contribution in [2.75, 3.05) is 6.54 Å². The maximum Gasteiger partial charge on any atom is 0.0413 e. The average Bonchev–Trinajstić information content (AvgIpc) is 2.41. The Morgan fingerprint density at radius 3 is 2.58 bits per heavy atom. The number of rotatable bonds is 5. The lowest BCUT2D eigenvalue weighted by molar-refractivity contribution is 0.175. The van der Waals surface area contributed by atoms with Gasteiger partial charge in [0.1, 0.15) is 0 Å². The maximum absolute atomic E-state index is 4.57. The smallest absolute Gasteiger partial charge is 0.0413 e. The monoisotopic (exact) mass is 324 g/mol. The van der Waals surface area contributed by atoms with Gasteiger partial charge < -0.3 is 5.32 Å². The normalized spacial score (nSPS) is 18.7. The average molecular weight is 325 g/mol. The summed E-state index contributed by atoms with van der Waals surface area (Å²) in [5.41, 5.74) is 1.65. The Labute approximate surface area is 125 Å². The zero-order valence-electron chi connectivity index (χ0n) is 12.1. The van der Waals surface area contributed by atoms with E-state index in [1.807, 2.05) is 6.20 Å². The summed E-state index contributed by atoms with van der Waals surface area (Å²) in [6.07, 6.45) is 9.85. The molecular weight excluding hydrogens is 300 g/mol. The Kier molecular flexibility index (Phi) is 5.40. The summed E-state index contributed by atoms with van der Waals surface area (Å²) < 4.78 is 1.06. The second kappa shape index (κ2) is 6.85. The van der Waals surface area contributed by atoms with Crippen LogP contribution in [0.15, 0.2) is 22.8 Å². The van der Waals surface area contributed by atoms with Crippen LogP contribution in [0, 0.1) is 5.41 Å². The molecule has 1 aromatic heterocycles. The fraction of sp³-hybridized carbons (Fsp3) is 0.688. The van der Waals surface area contributed by atoms with E-state index < -0.39 is 0 Å². The Balaban J connectivity index is 2.06. The molecule has 3 heteroatoms. The van der Waals surface area contributed by atoms with E-state index in [1.54, 1.807) is 0 Å². The second-order valence-corrected chi connectivity index (χ2v) is 7.16. The summed E-state index contributed by atoms with van der Waals surface area (Å²) in [6, 6.07) is 4.83. The number of hydrogen-bond donors (Lipinski definition) is 1. The van der Waals surface area contributed by atoms with E-state index in [2.05, 4.69) is 52.2 Å². The zero-order chi connectivity index (χ0) is 13.7. The molecule has 0 amide bonds. The topological polar surface area (TPSA) is 24.9 Å². The van der Waals surface area contributed by atoms with Crippen LogP contribution >= 0.6 is 15.9 Å². The second-order valence-electron chi connectivity index (χ2n) is 6.24. The van der Waals surface area contributed by atoms with Crippen molar-refractivity contribution in [3.8, 4) is 0 Å². The number of nitrogens with one attached hydrogen (secondary N) is 1.